The highest BCUT2D eigenvalue weighted by atomic mass is 127. The molecule has 0 saturated carbocycles. The van der Waals surface area contributed by atoms with Gasteiger partial charge in [-0.2, -0.15) is 17.5 Å². The molecule has 0 bridgehead atoms. The van der Waals surface area contributed by atoms with Crippen LogP contribution in [-0.2, 0) is 16.6 Å². The summed E-state index contributed by atoms with van der Waals surface area (Å²) in [6.45, 7) is 0.832. The molecule has 3 rings (SSSR count). The third kappa shape index (κ3) is 6.45. The van der Waals surface area contributed by atoms with Crippen LogP contribution in [0.25, 0.3) is 10.8 Å². The molecule has 0 unspecified atom stereocenters. The fourth-order valence-electron chi connectivity index (χ4n) is 3.50. The van der Waals surface area contributed by atoms with Crippen LogP contribution in [0.5, 0.6) is 0 Å². The molecule has 2 N–H and O–H groups in total. The second-order valence-electron chi connectivity index (χ2n) is 7.28. The van der Waals surface area contributed by atoms with E-state index in [1.54, 1.807) is 7.05 Å². The van der Waals surface area contributed by atoms with Crippen LogP contribution in [0.1, 0.15) is 18.4 Å². The minimum absolute atomic E-state index is 0. The first-order valence-electron chi connectivity index (χ1n) is 9.69. The molecule has 0 aliphatic carbocycles. The highest BCUT2D eigenvalue weighted by molar-refractivity contribution is 14.0. The van der Waals surface area contributed by atoms with Crippen molar-refractivity contribution in [3.63, 3.8) is 0 Å². The first-order valence-corrected chi connectivity index (χ1v) is 11.1. The zero-order valence-corrected chi connectivity index (χ0v) is 20.2. The van der Waals surface area contributed by atoms with Crippen molar-refractivity contribution >= 4 is 50.7 Å². The maximum Gasteiger partial charge on any atom is 0.511 e. The van der Waals surface area contributed by atoms with Gasteiger partial charge in [-0.05, 0) is 41.2 Å². The number of nitrogens with one attached hydrogen (secondary N) is 2. The van der Waals surface area contributed by atoms with Crippen LogP contribution in [0.15, 0.2) is 47.5 Å². The lowest BCUT2D eigenvalue weighted by molar-refractivity contribution is -0.0496. The normalized spacial score (nSPS) is 16.7. The maximum absolute atomic E-state index is 12.7. The lowest BCUT2D eigenvalue weighted by Crippen LogP contribution is -2.47. The summed E-state index contributed by atoms with van der Waals surface area (Å²) in [6.07, 6.45) is 0.730. The van der Waals surface area contributed by atoms with E-state index in [9.17, 15) is 21.6 Å². The van der Waals surface area contributed by atoms with Gasteiger partial charge in [0.25, 0.3) is 0 Å². The third-order valence-electron chi connectivity index (χ3n) is 5.26. The average Bonchev–Trinajstić information content (AvgIpc) is 2.73. The van der Waals surface area contributed by atoms with E-state index in [0.29, 0.717) is 36.2 Å². The molecule has 1 heterocycles. The Balaban J connectivity index is 0.00000341. The highest BCUT2D eigenvalue weighted by Gasteiger charge is 2.50. The highest BCUT2D eigenvalue weighted by Crippen LogP contribution is 2.30. The Bertz CT molecular complexity index is 1010. The van der Waals surface area contributed by atoms with Crippen LogP contribution >= 0.6 is 24.0 Å². The molecule has 0 amide bonds. The van der Waals surface area contributed by atoms with E-state index in [0.717, 1.165) is 10.9 Å². The van der Waals surface area contributed by atoms with Crippen molar-refractivity contribution in [3.8, 4) is 0 Å². The van der Waals surface area contributed by atoms with Crippen molar-refractivity contribution in [2.24, 2.45) is 10.9 Å². The lowest BCUT2D eigenvalue weighted by Gasteiger charge is -2.31. The van der Waals surface area contributed by atoms with Gasteiger partial charge in [0.05, 0.1) is 0 Å². The van der Waals surface area contributed by atoms with Gasteiger partial charge in [-0.3, -0.25) is 4.99 Å². The lowest BCUT2D eigenvalue weighted by atomic mass is 9.98. The van der Waals surface area contributed by atoms with Crippen molar-refractivity contribution in [1.82, 2.24) is 14.9 Å². The number of rotatable bonds is 5. The van der Waals surface area contributed by atoms with Gasteiger partial charge in [0.1, 0.15) is 0 Å². The molecule has 1 saturated heterocycles. The summed E-state index contributed by atoms with van der Waals surface area (Å²) in [4.78, 5) is 4.18. The smallest absolute Gasteiger partial charge is 0.356 e. The second-order valence-corrected chi connectivity index (χ2v) is 9.21. The van der Waals surface area contributed by atoms with E-state index in [4.69, 9.17) is 0 Å². The predicted molar refractivity (Wildman–Crippen MR) is 127 cm³/mol. The molecule has 1 fully saturated rings. The van der Waals surface area contributed by atoms with Gasteiger partial charge in [0.2, 0.25) is 0 Å². The van der Waals surface area contributed by atoms with E-state index < -0.39 is 15.5 Å². The summed E-state index contributed by atoms with van der Waals surface area (Å²) >= 11 is 0. The molecule has 1 aliphatic heterocycles. The third-order valence-corrected chi connectivity index (χ3v) is 6.89. The molecule has 0 atom stereocenters. The van der Waals surface area contributed by atoms with E-state index >= 15 is 0 Å². The number of guanidine groups is 1. The van der Waals surface area contributed by atoms with E-state index in [1.807, 2.05) is 18.2 Å². The van der Waals surface area contributed by atoms with Gasteiger partial charge >= 0.3 is 15.5 Å². The Kier molecular flexibility index (Phi) is 8.95. The quantitative estimate of drug-likeness (QED) is 0.327. The number of fused-ring (bicyclic) bond motifs is 1. The number of alkyl halides is 3. The van der Waals surface area contributed by atoms with Crippen molar-refractivity contribution in [2.45, 2.75) is 24.9 Å². The number of piperidine rings is 1. The number of halogens is 4. The Hall–Kier alpha value is -1.60. The summed E-state index contributed by atoms with van der Waals surface area (Å²) < 4.78 is 61.5. The van der Waals surface area contributed by atoms with Crippen LogP contribution in [0.3, 0.4) is 0 Å². The Morgan fingerprint density at radius 1 is 1.10 bits per heavy atom. The number of hydrogen-bond acceptors (Lipinski definition) is 3. The van der Waals surface area contributed by atoms with Crippen LogP contribution in [-0.4, -0.2) is 50.9 Å². The molecule has 11 heteroatoms. The molecule has 2 aromatic rings. The second kappa shape index (κ2) is 10.8. The molecular formula is C20H26F3IN4O2S. The van der Waals surface area contributed by atoms with Gasteiger partial charge in [0.15, 0.2) is 5.96 Å². The minimum atomic E-state index is -5.24. The first kappa shape index (κ1) is 25.7. The topological polar surface area (TPSA) is 73.8 Å². The molecule has 0 radical (unpaired) electrons. The number of aliphatic imine (C=N–C) groups is 1. The number of benzene rings is 2. The number of hydrogen-bond donors (Lipinski definition) is 2. The van der Waals surface area contributed by atoms with Crippen molar-refractivity contribution in [3.05, 3.63) is 48.0 Å². The number of sulfonamides is 1. The van der Waals surface area contributed by atoms with Crippen molar-refractivity contribution in [2.75, 3.05) is 26.7 Å². The monoisotopic (exact) mass is 570 g/mol. The summed E-state index contributed by atoms with van der Waals surface area (Å²) in [6, 6.07) is 14.3. The molecule has 0 aromatic heterocycles. The summed E-state index contributed by atoms with van der Waals surface area (Å²) in [7, 11) is -3.59. The SMILES string of the molecule is CN=C(NCc1ccc2ccccc2c1)NCC1CCN(S(=O)(=O)C(F)(F)F)CC1.I. The minimum Gasteiger partial charge on any atom is -0.356 e. The average molecular weight is 570 g/mol. The fourth-order valence-corrected chi connectivity index (χ4v) is 4.48. The molecular weight excluding hydrogens is 544 g/mol. The van der Waals surface area contributed by atoms with Crippen LogP contribution in [0, 0.1) is 5.92 Å². The van der Waals surface area contributed by atoms with Gasteiger partial charge < -0.3 is 10.6 Å². The van der Waals surface area contributed by atoms with Gasteiger partial charge in [-0.25, -0.2) is 8.42 Å². The van der Waals surface area contributed by atoms with Crippen molar-refractivity contribution in [1.29, 1.82) is 0 Å². The Morgan fingerprint density at radius 2 is 1.74 bits per heavy atom. The van der Waals surface area contributed by atoms with Gasteiger partial charge in [-0.1, -0.05) is 36.4 Å². The van der Waals surface area contributed by atoms with E-state index in [1.165, 1.54) is 5.39 Å². The summed E-state index contributed by atoms with van der Waals surface area (Å²) in [5.74, 6) is 0.664. The molecule has 1 aliphatic rings. The Labute approximate surface area is 197 Å². The van der Waals surface area contributed by atoms with Crippen molar-refractivity contribution < 1.29 is 21.6 Å². The molecule has 6 nitrogen and oxygen atoms in total. The maximum atomic E-state index is 12.7. The van der Waals surface area contributed by atoms with Crippen LogP contribution < -0.4 is 10.6 Å². The summed E-state index contributed by atoms with van der Waals surface area (Å²) in [5, 5.41) is 8.73. The Morgan fingerprint density at radius 3 is 2.35 bits per heavy atom. The first-order chi connectivity index (χ1) is 14.2. The summed E-state index contributed by atoms with van der Waals surface area (Å²) in [5.41, 5.74) is -4.14. The standard InChI is InChI=1S/C20H25F3N4O2S.HI/c1-24-19(26-14-16-6-7-17-4-2-3-5-18(17)12-16)25-13-15-8-10-27(11-9-15)30(28,29)20(21,22)23;/h2-7,12,15H,8-11,13-14H2,1H3,(H2,24,25,26);1H. The molecule has 31 heavy (non-hydrogen) atoms. The number of nitrogens with zero attached hydrogens (tertiary/aromatic N) is 2. The predicted octanol–water partition coefficient (Wildman–Crippen LogP) is 3.68. The fraction of sp³-hybridized carbons (Fsp3) is 0.450. The molecule has 172 valence electrons. The zero-order chi connectivity index (χ0) is 21.8. The molecule has 0 spiro atoms. The van der Waals surface area contributed by atoms with Crippen LogP contribution in [0.4, 0.5) is 13.2 Å². The molecule has 2 aromatic carbocycles. The largest absolute Gasteiger partial charge is 0.511 e. The van der Waals surface area contributed by atoms with Gasteiger partial charge in [-0.15, -0.1) is 24.0 Å². The van der Waals surface area contributed by atoms with Crippen LogP contribution in [0.2, 0.25) is 0 Å². The van der Waals surface area contributed by atoms with E-state index in [-0.39, 0.29) is 43.0 Å². The zero-order valence-electron chi connectivity index (χ0n) is 17.0. The van der Waals surface area contributed by atoms with E-state index in [2.05, 4.69) is 39.9 Å². The van der Waals surface area contributed by atoms with Gasteiger partial charge in [0, 0.05) is 33.2 Å².